The van der Waals surface area contributed by atoms with E-state index in [0.29, 0.717) is 19.0 Å². The van der Waals surface area contributed by atoms with Crippen molar-refractivity contribution in [3.63, 3.8) is 0 Å². The molecule has 2 aliphatic rings. The number of hydrogen-bond donors (Lipinski definition) is 0. The highest BCUT2D eigenvalue weighted by molar-refractivity contribution is 7.89. The van der Waals surface area contributed by atoms with E-state index in [1.807, 2.05) is 10.4 Å². The number of rotatable bonds is 3. The summed E-state index contributed by atoms with van der Waals surface area (Å²) >= 11 is 0. The summed E-state index contributed by atoms with van der Waals surface area (Å²) in [5.41, 5.74) is 1.29. The Bertz CT molecular complexity index is 564. The van der Waals surface area contributed by atoms with E-state index in [1.165, 1.54) is 12.0 Å². The fourth-order valence-electron chi connectivity index (χ4n) is 3.91. The number of hydrogen-bond acceptors (Lipinski definition) is 2. The maximum absolute atomic E-state index is 13.0. The van der Waals surface area contributed by atoms with Gasteiger partial charge in [-0.3, -0.25) is 0 Å². The second kappa shape index (κ2) is 7.14. The molecule has 1 aliphatic carbocycles. The third-order valence-corrected chi connectivity index (χ3v) is 7.60. The average molecular weight is 321 g/mol. The molecule has 0 spiro atoms. The van der Waals surface area contributed by atoms with Crippen LogP contribution in [-0.4, -0.2) is 31.1 Å². The quantitative estimate of drug-likeness (QED) is 0.846. The highest BCUT2D eigenvalue weighted by atomic mass is 32.2. The molecule has 22 heavy (non-hydrogen) atoms. The predicted molar refractivity (Wildman–Crippen MR) is 90.4 cm³/mol. The Morgan fingerprint density at radius 2 is 1.55 bits per heavy atom. The molecule has 0 bridgehead atoms. The standard InChI is InChI=1S/C18H27NO2S/c20-22(21,18-12-5-2-6-13-18)19-14-8-7-11-17(15-19)16-9-3-1-4-10-16/h1,3-4,9-10,17-18H,2,5-8,11-15H2/t17-/m0/s1. The lowest BCUT2D eigenvalue weighted by atomic mass is 9.95. The van der Waals surface area contributed by atoms with Crippen LogP contribution in [0.5, 0.6) is 0 Å². The molecule has 0 unspecified atom stereocenters. The molecule has 1 saturated heterocycles. The average Bonchev–Trinajstić information content (AvgIpc) is 2.83. The fourth-order valence-corrected chi connectivity index (χ4v) is 6.03. The minimum Gasteiger partial charge on any atom is -0.212 e. The monoisotopic (exact) mass is 321 g/mol. The van der Waals surface area contributed by atoms with Gasteiger partial charge in [-0.15, -0.1) is 0 Å². The maximum atomic E-state index is 13.0. The van der Waals surface area contributed by atoms with E-state index in [0.717, 1.165) is 44.9 Å². The maximum Gasteiger partial charge on any atom is 0.216 e. The minimum absolute atomic E-state index is 0.129. The van der Waals surface area contributed by atoms with Gasteiger partial charge >= 0.3 is 0 Å². The van der Waals surface area contributed by atoms with Gasteiger partial charge in [0.2, 0.25) is 10.0 Å². The van der Waals surface area contributed by atoms with Crippen molar-refractivity contribution < 1.29 is 8.42 Å². The first-order valence-corrected chi connectivity index (χ1v) is 10.2. The molecule has 3 nitrogen and oxygen atoms in total. The number of benzene rings is 1. The molecule has 0 aromatic heterocycles. The molecule has 1 aromatic rings. The van der Waals surface area contributed by atoms with Crippen LogP contribution in [0.4, 0.5) is 0 Å². The summed E-state index contributed by atoms with van der Waals surface area (Å²) < 4.78 is 27.8. The van der Waals surface area contributed by atoms with Crippen LogP contribution in [0.25, 0.3) is 0 Å². The van der Waals surface area contributed by atoms with Crippen molar-refractivity contribution in [1.29, 1.82) is 0 Å². The summed E-state index contributed by atoms with van der Waals surface area (Å²) in [5, 5.41) is -0.129. The first kappa shape index (κ1) is 16.0. The van der Waals surface area contributed by atoms with Crippen molar-refractivity contribution >= 4 is 10.0 Å². The van der Waals surface area contributed by atoms with E-state index in [1.54, 1.807) is 0 Å². The highest BCUT2D eigenvalue weighted by Gasteiger charge is 2.35. The van der Waals surface area contributed by atoms with Crippen molar-refractivity contribution in [2.75, 3.05) is 13.1 Å². The molecule has 3 rings (SSSR count). The van der Waals surface area contributed by atoms with Crippen LogP contribution in [0.2, 0.25) is 0 Å². The van der Waals surface area contributed by atoms with Gasteiger partial charge in [-0.25, -0.2) is 12.7 Å². The van der Waals surface area contributed by atoms with E-state index in [9.17, 15) is 8.42 Å². The zero-order valence-electron chi connectivity index (χ0n) is 13.3. The first-order chi connectivity index (χ1) is 10.7. The number of nitrogens with zero attached hydrogens (tertiary/aromatic N) is 1. The molecule has 0 amide bonds. The third kappa shape index (κ3) is 3.54. The van der Waals surface area contributed by atoms with Gasteiger partial charge in [0.15, 0.2) is 0 Å². The van der Waals surface area contributed by atoms with Crippen LogP contribution in [0, 0.1) is 0 Å². The topological polar surface area (TPSA) is 37.4 Å². The largest absolute Gasteiger partial charge is 0.216 e. The molecule has 0 N–H and O–H groups in total. The van der Waals surface area contributed by atoms with Gasteiger partial charge < -0.3 is 0 Å². The summed E-state index contributed by atoms with van der Waals surface area (Å²) in [6.45, 7) is 1.38. The van der Waals surface area contributed by atoms with Crippen molar-refractivity contribution in [3.8, 4) is 0 Å². The molecule has 1 aliphatic heterocycles. The van der Waals surface area contributed by atoms with Crippen LogP contribution in [0.1, 0.15) is 62.8 Å². The molecule has 1 atom stereocenters. The summed E-state index contributed by atoms with van der Waals surface area (Å²) in [6.07, 6.45) is 8.26. The molecule has 4 heteroatoms. The van der Waals surface area contributed by atoms with Crippen molar-refractivity contribution in [2.45, 2.75) is 62.5 Å². The van der Waals surface area contributed by atoms with Crippen LogP contribution in [0.3, 0.4) is 0 Å². The summed E-state index contributed by atoms with van der Waals surface area (Å²) in [4.78, 5) is 0. The first-order valence-electron chi connectivity index (χ1n) is 8.72. The Hall–Kier alpha value is -0.870. The van der Waals surface area contributed by atoms with Gasteiger partial charge in [-0.1, -0.05) is 56.0 Å². The number of sulfonamides is 1. The Labute approximate surface area is 134 Å². The third-order valence-electron chi connectivity index (χ3n) is 5.24. The molecule has 1 aromatic carbocycles. The zero-order valence-corrected chi connectivity index (χ0v) is 14.1. The van der Waals surface area contributed by atoms with E-state index in [-0.39, 0.29) is 5.25 Å². The van der Waals surface area contributed by atoms with Gasteiger partial charge in [-0.05, 0) is 37.2 Å². The lowest BCUT2D eigenvalue weighted by Crippen LogP contribution is -2.41. The molecular weight excluding hydrogens is 294 g/mol. The Morgan fingerprint density at radius 3 is 2.27 bits per heavy atom. The van der Waals surface area contributed by atoms with E-state index < -0.39 is 10.0 Å². The van der Waals surface area contributed by atoms with Crippen LogP contribution >= 0.6 is 0 Å². The molecule has 1 saturated carbocycles. The fraction of sp³-hybridized carbons (Fsp3) is 0.667. The smallest absolute Gasteiger partial charge is 0.212 e. The molecule has 122 valence electrons. The van der Waals surface area contributed by atoms with E-state index in [2.05, 4.69) is 24.3 Å². The van der Waals surface area contributed by atoms with Crippen LogP contribution in [-0.2, 0) is 10.0 Å². The molecule has 0 radical (unpaired) electrons. The Morgan fingerprint density at radius 1 is 0.864 bits per heavy atom. The van der Waals surface area contributed by atoms with Gasteiger partial charge in [0.05, 0.1) is 5.25 Å². The van der Waals surface area contributed by atoms with Gasteiger partial charge in [0.1, 0.15) is 0 Å². The normalized spacial score (nSPS) is 25.7. The molecule has 2 fully saturated rings. The second-order valence-corrected chi connectivity index (χ2v) is 8.98. The predicted octanol–water partition coefficient (Wildman–Crippen LogP) is 3.92. The zero-order chi connectivity index (χ0) is 15.4. The summed E-state index contributed by atoms with van der Waals surface area (Å²) in [5.74, 6) is 0.349. The summed E-state index contributed by atoms with van der Waals surface area (Å²) in [7, 11) is -3.12. The van der Waals surface area contributed by atoms with E-state index >= 15 is 0 Å². The Kier molecular flexibility index (Phi) is 5.19. The van der Waals surface area contributed by atoms with Crippen molar-refractivity contribution in [2.24, 2.45) is 0 Å². The lowest BCUT2D eigenvalue weighted by molar-refractivity contribution is 0.383. The van der Waals surface area contributed by atoms with Gasteiger partial charge in [0.25, 0.3) is 0 Å². The van der Waals surface area contributed by atoms with Crippen molar-refractivity contribution in [1.82, 2.24) is 4.31 Å². The summed E-state index contributed by atoms with van der Waals surface area (Å²) in [6, 6.07) is 10.4. The Balaban J connectivity index is 1.77. The molecular formula is C18H27NO2S. The minimum atomic E-state index is -3.12. The van der Waals surface area contributed by atoms with Crippen molar-refractivity contribution in [3.05, 3.63) is 35.9 Å². The van der Waals surface area contributed by atoms with Gasteiger partial charge in [0, 0.05) is 13.1 Å². The lowest BCUT2D eigenvalue weighted by Gasteiger charge is -2.30. The SMILES string of the molecule is O=S(=O)(C1CCCCC1)N1CCCC[C@H](c2ccccc2)C1. The van der Waals surface area contributed by atoms with Crippen LogP contribution in [0.15, 0.2) is 30.3 Å². The highest BCUT2D eigenvalue weighted by Crippen LogP contribution is 2.31. The van der Waals surface area contributed by atoms with Gasteiger partial charge in [-0.2, -0.15) is 0 Å². The van der Waals surface area contributed by atoms with E-state index in [4.69, 9.17) is 0 Å². The van der Waals surface area contributed by atoms with Crippen LogP contribution < -0.4 is 0 Å². The molecule has 1 heterocycles. The second-order valence-electron chi connectivity index (χ2n) is 6.77.